The summed E-state index contributed by atoms with van der Waals surface area (Å²) >= 11 is 15.6. The largest absolute Gasteiger partial charge is 0.379 e. The zero-order chi connectivity index (χ0) is 11.5. The minimum Gasteiger partial charge on any atom is -0.379 e. The van der Waals surface area contributed by atoms with Gasteiger partial charge in [0.2, 0.25) is 0 Å². The normalized spacial score (nSPS) is 23.7. The Morgan fingerprint density at radius 1 is 1.40 bits per heavy atom. The average Bonchev–Trinajstić information content (AvgIpc) is 2.16. The summed E-state index contributed by atoms with van der Waals surface area (Å²) in [6, 6.07) is 0. The van der Waals surface area contributed by atoms with E-state index in [1.807, 2.05) is 0 Å². The van der Waals surface area contributed by atoms with Crippen molar-refractivity contribution in [2.24, 2.45) is 0 Å². The van der Waals surface area contributed by atoms with E-state index in [1.54, 1.807) is 4.67 Å². The van der Waals surface area contributed by atoms with E-state index < -0.39 is 9.02 Å². The van der Waals surface area contributed by atoms with Crippen molar-refractivity contribution in [1.29, 1.82) is 0 Å². The molecular weight excluding hydrogens is 440 g/mol. The highest BCUT2D eigenvalue weighted by Gasteiger charge is 2.33. The van der Waals surface area contributed by atoms with Crippen LogP contribution in [-0.2, 0) is 13.8 Å². The molecule has 0 N–H and O–H groups in total. The molecule has 1 fully saturated rings. The van der Waals surface area contributed by atoms with Crippen LogP contribution in [0.25, 0.3) is 0 Å². The minimum absolute atomic E-state index is 0.144. The van der Waals surface area contributed by atoms with Gasteiger partial charge in [-0.2, -0.15) is 0 Å². The summed E-state index contributed by atoms with van der Waals surface area (Å²) in [4.78, 5) is 0. The molecule has 9 heteroatoms. The molecule has 1 saturated heterocycles. The summed E-state index contributed by atoms with van der Waals surface area (Å²) in [5, 5.41) is 0. The van der Waals surface area contributed by atoms with E-state index in [2.05, 4.69) is 47.8 Å². The lowest BCUT2D eigenvalue weighted by atomic mass is 10.5. The molecule has 1 aliphatic heterocycles. The molecule has 0 bridgehead atoms. The highest BCUT2D eigenvalue weighted by Crippen LogP contribution is 2.57. The Balaban J connectivity index is 2.46. The van der Waals surface area contributed by atoms with E-state index in [0.717, 1.165) is 0 Å². The Bertz CT molecular complexity index is 256. The molecule has 1 atom stereocenters. The van der Waals surface area contributed by atoms with Gasteiger partial charge in [0, 0.05) is 13.1 Å². The summed E-state index contributed by atoms with van der Waals surface area (Å²) in [5.74, 6) is 0. The van der Waals surface area contributed by atoms with Crippen LogP contribution in [0.5, 0.6) is 0 Å². The highest BCUT2D eigenvalue weighted by atomic mass is 80.0. The highest BCUT2D eigenvalue weighted by molar-refractivity contribution is 9.39. The molecule has 0 aromatic carbocycles. The van der Waals surface area contributed by atoms with Crippen LogP contribution in [0.4, 0.5) is 0 Å². The number of hydrogen-bond acceptors (Lipinski definition) is 3. The number of morpholine rings is 1. The zero-order valence-electron chi connectivity index (χ0n) is 7.67. The predicted octanol–water partition coefficient (Wildman–Crippen LogP) is 3.52. The third-order valence-corrected chi connectivity index (χ3v) is 4.86. The maximum atomic E-state index is 12.0. The Morgan fingerprint density at radius 2 is 1.93 bits per heavy atom. The van der Waals surface area contributed by atoms with E-state index in [4.69, 9.17) is 20.5 Å². The topological polar surface area (TPSA) is 38.8 Å². The Labute approximate surface area is 119 Å². The first kappa shape index (κ1) is 14.9. The zero-order valence-corrected chi connectivity index (χ0v) is 14.1. The summed E-state index contributed by atoms with van der Waals surface area (Å²) < 4.78 is 23.3. The molecule has 1 unspecified atom stereocenters. The molecule has 1 rings (SSSR count). The molecule has 1 aliphatic rings. The van der Waals surface area contributed by atoms with Gasteiger partial charge in [-0.3, -0.25) is 4.57 Å². The number of halogens is 4. The minimum atomic E-state index is -3.23. The van der Waals surface area contributed by atoms with Crippen molar-refractivity contribution in [1.82, 2.24) is 4.67 Å². The number of nitrogens with zero attached hydrogens (tertiary/aromatic N) is 1. The second-order valence-electron chi connectivity index (χ2n) is 2.91. The van der Waals surface area contributed by atoms with Gasteiger partial charge in [-0.1, -0.05) is 47.8 Å². The van der Waals surface area contributed by atoms with Crippen molar-refractivity contribution in [3.05, 3.63) is 0 Å². The molecule has 4 nitrogen and oxygen atoms in total. The van der Waals surface area contributed by atoms with E-state index in [1.165, 1.54) is 0 Å². The van der Waals surface area contributed by atoms with E-state index in [-0.39, 0.29) is 6.61 Å². The maximum absolute atomic E-state index is 12.0. The molecule has 0 saturated carbocycles. The van der Waals surface area contributed by atoms with Crippen LogP contribution in [0.1, 0.15) is 0 Å². The van der Waals surface area contributed by atoms with Gasteiger partial charge in [0.25, 0.3) is 0 Å². The van der Waals surface area contributed by atoms with Crippen LogP contribution >= 0.6 is 65.9 Å². The lowest BCUT2D eigenvalue weighted by molar-refractivity contribution is 0.0668. The van der Waals surface area contributed by atoms with Gasteiger partial charge in [-0.25, -0.2) is 4.67 Å². The third-order valence-electron chi connectivity index (χ3n) is 1.71. The number of alkyl halides is 3. The van der Waals surface area contributed by atoms with Crippen molar-refractivity contribution in [3.8, 4) is 0 Å². The van der Waals surface area contributed by atoms with Crippen LogP contribution in [0.2, 0.25) is 0 Å². The summed E-state index contributed by atoms with van der Waals surface area (Å²) in [7, 11) is 0. The lowest BCUT2D eigenvalue weighted by Crippen LogP contribution is -2.33. The van der Waals surface area contributed by atoms with Crippen molar-refractivity contribution in [3.63, 3.8) is 0 Å². The molecule has 0 aliphatic carbocycles. The van der Waals surface area contributed by atoms with Gasteiger partial charge >= 0.3 is 6.87 Å². The fraction of sp³-hybridized carbons (Fsp3) is 1.00. The van der Waals surface area contributed by atoms with Crippen LogP contribution in [0.15, 0.2) is 0 Å². The lowest BCUT2D eigenvalue weighted by Gasteiger charge is -2.30. The Hall–Kier alpha value is 1.84. The fourth-order valence-electron chi connectivity index (χ4n) is 1.03. The standard InChI is InChI=1S/C6H10Br3ClNO3P/c7-6(8,9)5-14-15(10,12)11-1-3-13-4-2-11/h1-5H2. The van der Waals surface area contributed by atoms with Crippen LogP contribution in [0, 0.1) is 0 Å². The Morgan fingerprint density at radius 3 is 2.40 bits per heavy atom. The van der Waals surface area contributed by atoms with E-state index in [0.29, 0.717) is 26.3 Å². The first-order valence-electron chi connectivity index (χ1n) is 4.15. The summed E-state index contributed by atoms with van der Waals surface area (Å²) in [6.07, 6.45) is 0. The van der Waals surface area contributed by atoms with Crippen LogP contribution in [-0.4, -0.2) is 39.7 Å². The smallest absolute Gasteiger partial charge is 0.363 e. The summed E-state index contributed by atoms with van der Waals surface area (Å²) in [6.45, 7) is -0.968. The molecule has 0 radical (unpaired) electrons. The molecular formula is C6H10Br3ClNO3P. The molecule has 90 valence electrons. The van der Waals surface area contributed by atoms with Crippen molar-refractivity contribution in [2.45, 2.75) is 2.14 Å². The second kappa shape index (κ2) is 6.14. The maximum Gasteiger partial charge on any atom is 0.363 e. The predicted molar refractivity (Wildman–Crippen MR) is 71.3 cm³/mol. The van der Waals surface area contributed by atoms with Crippen molar-refractivity contribution < 1.29 is 13.8 Å². The van der Waals surface area contributed by atoms with E-state index >= 15 is 0 Å². The fourth-order valence-corrected chi connectivity index (χ4v) is 3.66. The summed E-state index contributed by atoms with van der Waals surface area (Å²) in [5.41, 5.74) is 0. The van der Waals surface area contributed by atoms with Gasteiger partial charge in [-0.15, -0.1) is 0 Å². The quantitative estimate of drug-likeness (QED) is 0.488. The van der Waals surface area contributed by atoms with Crippen molar-refractivity contribution in [2.75, 3.05) is 32.9 Å². The monoisotopic (exact) mass is 447 g/mol. The molecule has 0 amide bonds. The Kier molecular flexibility index (Phi) is 6.10. The van der Waals surface area contributed by atoms with Crippen LogP contribution in [0.3, 0.4) is 0 Å². The SMILES string of the molecule is O=P(Cl)(OCC(Br)(Br)Br)N1CCOCC1. The van der Waals surface area contributed by atoms with Gasteiger partial charge in [0.05, 0.1) is 19.8 Å². The molecule has 0 aromatic heterocycles. The average molecular weight is 450 g/mol. The number of ether oxygens (including phenoxy) is 1. The second-order valence-corrected chi connectivity index (χ2v) is 13.2. The molecule has 15 heavy (non-hydrogen) atoms. The van der Waals surface area contributed by atoms with Crippen molar-refractivity contribution >= 4 is 65.9 Å². The van der Waals surface area contributed by atoms with E-state index in [9.17, 15) is 4.57 Å². The van der Waals surface area contributed by atoms with Gasteiger partial charge in [0.1, 0.15) is 0 Å². The first-order valence-corrected chi connectivity index (χ1v) is 9.01. The molecule has 0 aromatic rings. The third kappa shape index (κ3) is 5.82. The van der Waals surface area contributed by atoms with Gasteiger partial charge in [-0.05, 0) is 11.2 Å². The molecule has 1 heterocycles. The number of rotatable bonds is 3. The van der Waals surface area contributed by atoms with Gasteiger partial charge in [0.15, 0.2) is 2.14 Å². The molecule has 0 spiro atoms. The van der Waals surface area contributed by atoms with Gasteiger partial charge < -0.3 is 9.26 Å². The van der Waals surface area contributed by atoms with Crippen LogP contribution < -0.4 is 0 Å². The number of hydrogen-bond donors (Lipinski definition) is 0. The first-order chi connectivity index (χ1) is 6.81.